The minimum absolute atomic E-state index is 0.0613. The van der Waals surface area contributed by atoms with Crippen molar-refractivity contribution in [3.63, 3.8) is 0 Å². The highest BCUT2D eigenvalue weighted by Crippen LogP contribution is 2.31. The third-order valence-corrected chi connectivity index (χ3v) is 4.44. The van der Waals surface area contributed by atoms with Crippen molar-refractivity contribution in [3.8, 4) is 0 Å². The lowest BCUT2D eigenvalue weighted by Crippen LogP contribution is -2.42. The molecule has 1 aromatic rings. The van der Waals surface area contributed by atoms with E-state index in [1.807, 2.05) is 24.4 Å². The Balaban J connectivity index is 1.68. The van der Waals surface area contributed by atoms with Gasteiger partial charge in [0.2, 0.25) is 5.91 Å². The molecule has 1 fully saturated rings. The maximum absolute atomic E-state index is 12.7. The summed E-state index contributed by atoms with van der Waals surface area (Å²) in [6.45, 7) is 2.39. The molecule has 0 radical (unpaired) electrons. The molecule has 5 nitrogen and oxygen atoms in total. The molecule has 112 valence electrons. The van der Waals surface area contributed by atoms with Crippen LogP contribution in [-0.2, 0) is 4.79 Å². The van der Waals surface area contributed by atoms with E-state index < -0.39 is 0 Å². The van der Waals surface area contributed by atoms with Crippen LogP contribution in [0, 0.1) is 5.92 Å². The zero-order valence-corrected chi connectivity index (χ0v) is 12.2. The fraction of sp³-hybridized carbons (Fsp3) is 0.500. The van der Waals surface area contributed by atoms with E-state index in [0.29, 0.717) is 6.67 Å². The van der Waals surface area contributed by atoms with Gasteiger partial charge in [-0.2, -0.15) is 5.10 Å². The molecule has 5 heteroatoms. The third kappa shape index (κ3) is 2.99. The quantitative estimate of drug-likeness (QED) is 0.917. The van der Waals surface area contributed by atoms with Gasteiger partial charge in [-0.3, -0.25) is 9.69 Å². The average Bonchev–Trinajstić information content (AvgIpc) is 3.04. The number of likely N-dealkylation sites (tertiary alicyclic amines) is 1. The first kappa shape index (κ1) is 14.2. The number of amides is 1. The number of rotatable bonds is 3. The SMILES string of the molecule is NCN1CCC(C(=O)N2N=CC[C@H]2c2ccccc2)CC1. The molecule has 0 bridgehead atoms. The average molecular weight is 286 g/mol. The van der Waals surface area contributed by atoms with Crippen molar-refractivity contribution in [1.82, 2.24) is 9.91 Å². The number of hydrogen-bond acceptors (Lipinski definition) is 4. The van der Waals surface area contributed by atoms with Crippen molar-refractivity contribution in [1.29, 1.82) is 0 Å². The lowest BCUT2D eigenvalue weighted by atomic mass is 9.94. The normalized spacial score (nSPS) is 23.7. The summed E-state index contributed by atoms with van der Waals surface area (Å²) in [5.74, 6) is 0.239. The summed E-state index contributed by atoms with van der Waals surface area (Å²) in [7, 11) is 0. The maximum Gasteiger partial charge on any atom is 0.246 e. The molecular weight excluding hydrogens is 264 g/mol. The summed E-state index contributed by atoms with van der Waals surface area (Å²) >= 11 is 0. The molecule has 2 aliphatic rings. The molecule has 1 atom stereocenters. The predicted molar refractivity (Wildman–Crippen MR) is 82.5 cm³/mol. The second kappa shape index (κ2) is 6.37. The predicted octanol–water partition coefficient (Wildman–Crippen LogP) is 1.57. The van der Waals surface area contributed by atoms with E-state index in [0.717, 1.165) is 37.9 Å². The van der Waals surface area contributed by atoms with Gasteiger partial charge in [0.25, 0.3) is 0 Å². The first-order chi connectivity index (χ1) is 10.3. The maximum atomic E-state index is 12.7. The molecule has 1 saturated heterocycles. The zero-order valence-electron chi connectivity index (χ0n) is 12.2. The summed E-state index contributed by atoms with van der Waals surface area (Å²) in [5, 5.41) is 6.02. The van der Waals surface area contributed by atoms with E-state index in [-0.39, 0.29) is 17.9 Å². The van der Waals surface area contributed by atoms with Gasteiger partial charge in [-0.1, -0.05) is 30.3 Å². The molecule has 0 aromatic heterocycles. The number of piperidine rings is 1. The van der Waals surface area contributed by atoms with Gasteiger partial charge in [-0.15, -0.1) is 0 Å². The largest absolute Gasteiger partial charge is 0.318 e. The van der Waals surface area contributed by atoms with E-state index in [1.165, 1.54) is 0 Å². The van der Waals surface area contributed by atoms with E-state index in [1.54, 1.807) is 5.01 Å². The van der Waals surface area contributed by atoms with Gasteiger partial charge < -0.3 is 5.73 Å². The summed E-state index contributed by atoms with van der Waals surface area (Å²) in [5.41, 5.74) is 6.81. The zero-order chi connectivity index (χ0) is 14.7. The molecule has 1 aromatic carbocycles. The van der Waals surface area contributed by atoms with Crippen LogP contribution in [0.5, 0.6) is 0 Å². The Bertz CT molecular complexity index is 508. The highest BCUT2D eigenvalue weighted by molar-refractivity contribution is 5.82. The third-order valence-electron chi connectivity index (χ3n) is 4.44. The fourth-order valence-electron chi connectivity index (χ4n) is 3.13. The topological polar surface area (TPSA) is 61.9 Å². The lowest BCUT2D eigenvalue weighted by molar-refractivity contribution is -0.139. The Morgan fingerprint density at radius 3 is 2.62 bits per heavy atom. The molecular formula is C16H22N4O. The molecule has 0 unspecified atom stereocenters. The number of hydrogen-bond donors (Lipinski definition) is 1. The van der Waals surface area contributed by atoms with Crippen LogP contribution in [0.1, 0.15) is 30.9 Å². The summed E-state index contributed by atoms with van der Waals surface area (Å²) in [6, 6.07) is 10.2. The summed E-state index contributed by atoms with van der Waals surface area (Å²) < 4.78 is 0. The number of carbonyl (C=O) groups is 1. The van der Waals surface area contributed by atoms with Gasteiger partial charge in [0.1, 0.15) is 0 Å². The number of benzene rings is 1. The van der Waals surface area contributed by atoms with Gasteiger partial charge >= 0.3 is 0 Å². The number of carbonyl (C=O) groups excluding carboxylic acids is 1. The highest BCUT2D eigenvalue weighted by atomic mass is 16.2. The van der Waals surface area contributed by atoms with Crippen molar-refractivity contribution in [3.05, 3.63) is 35.9 Å². The van der Waals surface area contributed by atoms with Crippen molar-refractivity contribution in [2.75, 3.05) is 19.8 Å². The van der Waals surface area contributed by atoms with Crippen LogP contribution in [0.15, 0.2) is 35.4 Å². The van der Waals surface area contributed by atoms with Crippen LogP contribution < -0.4 is 5.73 Å². The van der Waals surface area contributed by atoms with Crippen molar-refractivity contribution in [2.24, 2.45) is 16.8 Å². The first-order valence-electron chi connectivity index (χ1n) is 7.62. The van der Waals surface area contributed by atoms with Gasteiger partial charge in [-0.25, -0.2) is 5.01 Å². The minimum Gasteiger partial charge on any atom is -0.318 e. The number of nitrogens with zero attached hydrogens (tertiary/aromatic N) is 3. The van der Waals surface area contributed by atoms with Gasteiger partial charge in [0.15, 0.2) is 0 Å². The van der Waals surface area contributed by atoms with Crippen molar-refractivity contribution < 1.29 is 4.79 Å². The summed E-state index contributed by atoms with van der Waals surface area (Å²) in [4.78, 5) is 14.9. The van der Waals surface area contributed by atoms with Crippen LogP contribution in [0.25, 0.3) is 0 Å². The van der Waals surface area contributed by atoms with Crippen molar-refractivity contribution >= 4 is 12.1 Å². The smallest absolute Gasteiger partial charge is 0.246 e. The molecule has 1 amide bonds. The Morgan fingerprint density at radius 2 is 1.95 bits per heavy atom. The number of nitrogens with two attached hydrogens (primary N) is 1. The molecule has 21 heavy (non-hydrogen) atoms. The molecule has 0 saturated carbocycles. The lowest BCUT2D eigenvalue weighted by Gasteiger charge is -2.33. The fourth-order valence-corrected chi connectivity index (χ4v) is 3.13. The van der Waals surface area contributed by atoms with Gasteiger partial charge in [-0.05, 0) is 18.4 Å². The van der Waals surface area contributed by atoms with Gasteiger partial charge in [0.05, 0.1) is 6.04 Å². The second-order valence-corrected chi connectivity index (χ2v) is 5.72. The molecule has 0 spiro atoms. The van der Waals surface area contributed by atoms with E-state index in [9.17, 15) is 4.79 Å². The van der Waals surface area contributed by atoms with Crippen LogP contribution in [0.3, 0.4) is 0 Å². The minimum atomic E-state index is 0.0613. The standard InChI is InChI=1S/C16H22N4O/c17-12-19-10-7-14(8-11-19)16(21)20-15(6-9-18-20)13-4-2-1-3-5-13/h1-5,9,14-15H,6-8,10-12,17H2/t15-/m0/s1. The Morgan fingerprint density at radius 1 is 1.24 bits per heavy atom. The number of hydrazone groups is 1. The second-order valence-electron chi connectivity index (χ2n) is 5.72. The van der Waals surface area contributed by atoms with Crippen LogP contribution in [0.4, 0.5) is 0 Å². The Kier molecular flexibility index (Phi) is 4.31. The summed E-state index contributed by atoms with van der Waals surface area (Å²) in [6.07, 6.45) is 4.41. The van der Waals surface area contributed by atoms with E-state index >= 15 is 0 Å². The molecule has 0 aliphatic carbocycles. The van der Waals surface area contributed by atoms with Gasteiger partial charge in [0, 0.05) is 38.3 Å². The van der Waals surface area contributed by atoms with Crippen LogP contribution >= 0.6 is 0 Å². The molecule has 2 aliphatic heterocycles. The first-order valence-corrected chi connectivity index (χ1v) is 7.62. The Hall–Kier alpha value is -1.72. The van der Waals surface area contributed by atoms with Crippen molar-refractivity contribution in [2.45, 2.75) is 25.3 Å². The van der Waals surface area contributed by atoms with Crippen LogP contribution in [0.2, 0.25) is 0 Å². The molecule has 3 rings (SSSR count). The monoisotopic (exact) mass is 286 g/mol. The Labute approximate surface area is 125 Å². The van der Waals surface area contributed by atoms with Crippen LogP contribution in [-0.4, -0.2) is 41.8 Å². The molecule has 2 N–H and O–H groups in total. The van der Waals surface area contributed by atoms with E-state index in [4.69, 9.17) is 5.73 Å². The highest BCUT2D eigenvalue weighted by Gasteiger charge is 2.34. The molecule has 2 heterocycles. The van der Waals surface area contributed by atoms with E-state index in [2.05, 4.69) is 22.1 Å².